The monoisotopic (exact) mass is 1740 g/mol. The lowest BCUT2D eigenvalue weighted by Gasteiger charge is -2.32. The molecule has 130 heavy (non-hydrogen) atoms. The van der Waals surface area contributed by atoms with Crippen LogP contribution >= 0.6 is 22.7 Å². The van der Waals surface area contributed by atoms with Gasteiger partial charge in [-0.3, -0.25) is 0 Å². The van der Waals surface area contributed by atoms with Crippen LogP contribution in [0.4, 0.5) is 0 Å². The van der Waals surface area contributed by atoms with Crippen LogP contribution in [0, 0.1) is 0 Å². The zero-order chi connectivity index (χ0) is 90.0. The highest BCUT2D eigenvalue weighted by molar-refractivity contribution is 7.26. The van der Waals surface area contributed by atoms with Crippen molar-refractivity contribution in [3.63, 3.8) is 0 Å². The maximum Gasteiger partial charge on any atom is 0.494 e. The lowest BCUT2D eigenvalue weighted by molar-refractivity contribution is 0.00578. The fourth-order valence-electron chi connectivity index (χ4n) is 17.7. The van der Waals surface area contributed by atoms with E-state index in [1.54, 1.807) is 0 Å². The molecule has 16 heteroatoms. The fourth-order valence-corrected chi connectivity index (χ4v) is 20.2. The Morgan fingerprint density at radius 3 is 0.838 bits per heavy atom. The van der Waals surface area contributed by atoms with Crippen LogP contribution in [0.25, 0.3) is 162 Å². The summed E-state index contributed by atoms with van der Waals surface area (Å²) in [5.74, 6) is 0. The molecule has 8 heterocycles. The summed E-state index contributed by atoms with van der Waals surface area (Å²) in [7, 11) is -1.40. The second-order valence-electron chi connectivity index (χ2n) is 38.7. The summed E-state index contributed by atoms with van der Waals surface area (Å²) >= 11 is 3.73. The number of fused-ring (bicyclic) bond motifs is 12. The second-order valence-corrected chi connectivity index (χ2v) is 40.8. The van der Waals surface area contributed by atoms with Crippen molar-refractivity contribution in [2.45, 2.75) is 156 Å². The van der Waals surface area contributed by atoms with E-state index in [-0.39, 0.29) is 73.3 Å². The Hall–Kier alpha value is -11.7. The number of benzene rings is 15. The van der Waals surface area contributed by atoms with Gasteiger partial charge in [-0.2, -0.15) is 0 Å². The summed E-state index contributed by atoms with van der Waals surface area (Å²) in [6.07, 6.45) is 0. The molecule has 4 aromatic heterocycles. The van der Waals surface area contributed by atoms with Gasteiger partial charge < -0.3 is 46.1 Å². The molecule has 0 aliphatic carbocycles. The lowest BCUT2D eigenvalue weighted by atomic mass is 9.78. The topological polar surface area (TPSA) is 100 Å². The zero-order valence-corrected chi connectivity index (χ0v) is 78.2. The molecular formula is C114H104B4O10S2. The summed E-state index contributed by atoms with van der Waals surface area (Å²) < 4.78 is 67.6. The van der Waals surface area contributed by atoms with E-state index < -0.39 is 0 Å². The molecule has 4 fully saturated rings. The van der Waals surface area contributed by atoms with Crippen LogP contribution < -0.4 is 21.9 Å². The zero-order valence-electron chi connectivity index (χ0n) is 76.5. The SMILES string of the molecule is CC1(C)OB(c2ccc(-c3ccc(-c4cccc5c4oc4ccccc45)cc3)cc2)OC1(C)C.CC1(C)OB(c2ccc(-c3cccc4c3oc3ccccc34)cc2)OC1(C)C.CC1(C)OB(c2cccc(-c3cccc(-c4ccc(-c5cccc6c5sc5ccccc56)cc4)c3)c2)OC1(C)C.CC1(C)OB(c2cccc(-c3cccc4c3sc3ccccc34)c2)OC1(C)C. The predicted molar refractivity (Wildman–Crippen MR) is 547 cm³/mol. The highest BCUT2D eigenvalue weighted by Crippen LogP contribution is 2.47. The van der Waals surface area contributed by atoms with Gasteiger partial charge in [-0.25, -0.2) is 0 Å². The minimum absolute atomic E-state index is 0.334. The Morgan fingerprint density at radius 2 is 0.438 bits per heavy atom. The van der Waals surface area contributed by atoms with Gasteiger partial charge >= 0.3 is 28.5 Å². The van der Waals surface area contributed by atoms with Crippen molar-refractivity contribution in [2.24, 2.45) is 0 Å². The van der Waals surface area contributed by atoms with Gasteiger partial charge in [0.05, 0.1) is 44.8 Å². The van der Waals surface area contributed by atoms with Gasteiger partial charge in [-0.15, -0.1) is 22.7 Å². The van der Waals surface area contributed by atoms with Crippen LogP contribution in [0.2, 0.25) is 0 Å². The van der Waals surface area contributed by atoms with Crippen LogP contribution in [0.1, 0.15) is 111 Å². The summed E-state index contributed by atoms with van der Waals surface area (Å²) in [5.41, 5.74) is 21.6. The third-order valence-corrected chi connectivity index (χ3v) is 30.6. The summed E-state index contributed by atoms with van der Waals surface area (Å²) in [4.78, 5) is 0. The smallest absolute Gasteiger partial charge is 0.455 e. The van der Waals surface area contributed by atoms with E-state index >= 15 is 0 Å². The summed E-state index contributed by atoms with van der Waals surface area (Å²) in [6, 6.07) is 120. The minimum atomic E-state index is -0.369. The average molecular weight is 1740 g/mol. The highest BCUT2D eigenvalue weighted by atomic mass is 32.1. The van der Waals surface area contributed by atoms with Crippen molar-refractivity contribution < 1.29 is 46.1 Å². The van der Waals surface area contributed by atoms with Crippen molar-refractivity contribution in [1.82, 2.24) is 0 Å². The Balaban J connectivity index is 0.000000110. The molecule has 23 rings (SSSR count). The van der Waals surface area contributed by atoms with Crippen LogP contribution in [0.15, 0.2) is 349 Å². The molecule has 0 amide bonds. The lowest BCUT2D eigenvalue weighted by Crippen LogP contribution is -2.41. The quantitative estimate of drug-likeness (QED) is 0.116. The molecule has 644 valence electrons. The fraction of sp³-hybridized carbons (Fsp3) is 0.211. The van der Waals surface area contributed by atoms with E-state index in [0.29, 0.717) is 0 Å². The van der Waals surface area contributed by atoms with Crippen LogP contribution in [0.5, 0.6) is 0 Å². The van der Waals surface area contributed by atoms with Gasteiger partial charge in [0.1, 0.15) is 22.3 Å². The third kappa shape index (κ3) is 16.1. The average Bonchev–Trinajstić information content (AvgIpc) is 1.63. The van der Waals surface area contributed by atoms with E-state index in [0.717, 1.165) is 99.1 Å². The van der Waals surface area contributed by atoms with Crippen LogP contribution in [-0.4, -0.2) is 73.3 Å². The van der Waals surface area contributed by atoms with E-state index in [1.165, 1.54) is 84.9 Å². The van der Waals surface area contributed by atoms with Crippen LogP contribution in [0.3, 0.4) is 0 Å². The van der Waals surface area contributed by atoms with Gasteiger partial charge in [-0.05, 0) is 230 Å². The standard InChI is InChI=1S/C36H31BO2S.C30H27BO3.C24H23BO3.C24H23BO2S/c1-35(2)36(3,4)39-37(38-35)29-13-8-12-28(23-29)27-11-7-10-26(22-27)24-18-20-25(21-19-24)30-15-9-16-32-31-14-5-6-17-33(31)40-34(30)32;1-29(2)30(3,4)34-31(33-29)23-18-16-21(17-19-23)20-12-14-22(15-13-20)24-9-7-10-26-25-8-5-6-11-27(25)32-28(24)26;1-23(2)24(3,4)28-25(27-23)17-14-12-16(13-15-17)18-9-7-10-20-19-8-5-6-11-21(19)26-22(18)20;1-23(2)24(3,4)27-25(26-23)17-10-7-9-16(15-17)18-12-8-13-20-19-11-5-6-14-21(19)28-22(18)20/h5-23H,1-4H3;5-19H,1-4H3;2*5-15H,1-4H3. The van der Waals surface area contributed by atoms with E-state index in [4.69, 9.17) is 46.1 Å². The van der Waals surface area contributed by atoms with Crippen LogP contribution in [-0.2, 0) is 37.2 Å². The predicted octanol–water partition coefficient (Wildman–Crippen LogP) is 28.1. The Morgan fingerprint density at radius 1 is 0.185 bits per heavy atom. The third-order valence-electron chi connectivity index (χ3n) is 28.2. The number of hydrogen-bond acceptors (Lipinski definition) is 12. The molecule has 0 unspecified atom stereocenters. The van der Waals surface area contributed by atoms with E-state index in [1.807, 2.05) is 53.0 Å². The highest BCUT2D eigenvalue weighted by Gasteiger charge is 2.55. The molecule has 15 aromatic carbocycles. The van der Waals surface area contributed by atoms with E-state index in [2.05, 4.69) is 420 Å². The molecule has 10 nitrogen and oxygen atoms in total. The Bertz CT molecular complexity index is 7420. The van der Waals surface area contributed by atoms with Gasteiger partial charge in [0.25, 0.3) is 0 Å². The molecule has 4 aliphatic rings. The molecule has 4 saturated heterocycles. The molecule has 0 N–H and O–H groups in total. The maximum absolute atomic E-state index is 6.30. The normalized spacial score (nSPS) is 17.3. The number of furan rings is 2. The van der Waals surface area contributed by atoms with Crippen molar-refractivity contribution in [1.29, 1.82) is 0 Å². The molecule has 19 aromatic rings. The second kappa shape index (κ2) is 33.3. The molecule has 4 aliphatic heterocycles. The van der Waals surface area contributed by atoms with Crippen molar-refractivity contribution in [2.75, 3.05) is 0 Å². The van der Waals surface area contributed by atoms with Gasteiger partial charge in [0, 0.05) is 73.0 Å². The van der Waals surface area contributed by atoms with Gasteiger partial charge in [0.2, 0.25) is 0 Å². The first kappa shape index (κ1) is 86.3. The van der Waals surface area contributed by atoms with Crippen molar-refractivity contribution in [3.05, 3.63) is 340 Å². The first-order chi connectivity index (χ1) is 62.3. The summed E-state index contributed by atoms with van der Waals surface area (Å²) in [5, 5.41) is 9.90. The minimum Gasteiger partial charge on any atom is -0.455 e. The molecule has 0 bridgehead atoms. The first-order valence-corrected chi connectivity index (χ1v) is 46.7. The number of rotatable bonds is 11. The number of para-hydroxylation sites is 4. The number of hydrogen-bond donors (Lipinski definition) is 0. The molecule has 0 atom stereocenters. The Labute approximate surface area is 771 Å². The van der Waals surface area contributed by atoms with E-state index in [9.17, 15) is 0 Å². The maximum atomic E-state index is 6.30. The molecule has 0 saturated carbocycles. The van der Waals surface area contributed by atoms with Crippen molar-refractivity contribution in [3.8, 4) is 77.9 Å². The molecular weight excluding hydrogens is 1640 g/mol. The number of thiophene rings is 2. The largest absolute Gasteiger partial charge is 0.494 e. The summed E-state index contributed by atoms with van der Waals surface area (Å²) in [6.45, 7) is 33.3. The molecule has 0 spiro atoms. The van der Waals surface area contributed by atoms with Gasteiger partial charge in [0.15, 0.2) is 0 Å². The van der Waals surface area contributed by atoms with Crippen molar-refractivity contribution >= 4 is 157 Å². The molecule has 0 radical (unpaired) electrons. The Kier molecular flexibility index (Phi) is 22.1. The first-order valence-electron chi connectivity index (χ1n) is 45.1. The van der Waals surface area contributed by atoms with Gasteiger partial charge in [-0.1, -0.05) is 309 Å².